The minimum absolute atomic E-state index is 0.841. The van der Waals surface area contributed by atoms with Crippen molar-refractivity contribution in [1.29, 1.82) is 0 Å². The predicted molar refractivity (Wildman–Crippen MR) is 85.1 cm³/mol. The number of aryl methyl sites for hydroxylation is 1. The van der Waals surface area contributed by atoms with E-state index in [1.165, 1.54) is 54.9 Å². The largest absolute Gasteiger partial charge is 0.385 e. The molecular formula is C16H24N2S. The average molecular weight is 276 g/mol. The average Bonchev–Trinajstić information content (AvgIpc) is 2.47. The van der Waals surface area contributed by atoms with Crippen LogP contribution in [0.3, 0.4) is 0 Å². The van der Waals surface area contributed by atoms with Crippen molar-refractivity contribution in [2.24, 2.45) is 0 Å². The van der Waals surface area contributed by atoms with Crippen LogP contribution in [0.2, 0.25) is 0 Å². The summed E-state index contributed by atoms with van der Waals surface area (Å²) in [5.74, 6) is 1.30. The molecule has 0 bridgehead atoms. The predicted octanol–water partition coefficient (Wildman–Crippen LogP) is 3.37. The quantitative estimate of drug-likeness (QED) is 0.911. The third-order valence-corrected chi connectivity index (χ3v) is 5.56. The van der Waals surface area contributed by atoms with E-state index in [4.69, 9.17) is 0 Å². The Hall–Kier alpha value is -0.670. The van der Waals surface area contributed by atoms with Crippen molar-refractivity contribution in [2.75, 3.05) is 30.7 Å². The Morgan fingerprint density at radius 3 is 3.26 bits per heavy atom. The van der Waals surface area contributed by atoms with Crippen LogP contribution < -0.4 is 5.32 Å². The van der Waals surface area contributed by atoms with Gasteiger partial charge in [-0.25, -0.2) is 0 Å². The number of nitrogens with one attached hydrogen (secondary N) is 1. The number of hydrogen-bond acceptors (Lipinski definition) is 3. The number of hydrogen-bond donors (Lipinski definition) is 1. The Kier molecular flexibility index (Phi) is 4.34. The lowest BCUT2D eigenvalue weighted by atomic mass is 10.0. The van der Waals surface area contributed by atoms with Crippen LogP contribution in [0.5, 0.6) is 0 Å². The van der Waals surface area contributed by atoms with Crippen molar-refractivity contribution in [3.8, 4) is 0 Å². The Morgan fingerprint density at radius 2 is 2.37 bits per heavy atom. The maximum atomic E-state index is 3.49. The van der Waals surface area contributed by atoms with Gasteiger partial charge >= 0.3 is 0 Å². The van der Waals surface area contributed by atoms with Crippen LogP contribution in [0.4, 0.5) is 5.69 Å². The molecule has 1 atom stereocenters. The molecule has 0 radical (unpaired) electrons. The summed E-state index contributed by atoms with van der Waals surface area (Å²) >= 11 is 2.15. The lowest BCUT2D eigenvalue weighted by molar-refractivity contribution is 0.273. The van der Waals surface area contributed by atoms with E-state index in [1.807, 2.05) is 0 Å². The van der Waals surface area contributed by atoms with Crippen LogP contribution in [0, 0.1) is 0 Å². The van der Waals surface area contributed by atoms with Crippen molar-refractivity contribution < 1.29 is 0 Å². The van der Waals surface area contributed by atoms with Gasteiger partial charge in [0.15, 0.2) is 0 Å². The molecule has 0 amide bonds. The lowest BCUT2D eigenvalue weighted by Crippen LogP contribution is -2.37. The van der Waals surface area contributed by atoms with Gasteiger partial charge in [0.1, 0.15) is 0 Å². The summed E-state index contributed by atoms with van der Waals surface area (Å²) in [7, 11) is 0. The fourth-order valence-electron chi connectivity index (χ4n) is 3.06. The van der Waals surface area contributed by atoms with Crippen molar-refractivity contribution in [3.05, 3.63) is 29.3 Å². The first kappa shape index (κ1) is 13.3. The molecule has 0 spiro atoms. The molecule has 2 aliphatic heterocycles. The van der Waals surface area contributed by atoms with Gasteiger partial charge in [0.05, 0.1) is 0 Å². The van der Waals surface area contributed by atoms with Crippen molar-refractivity contribution in [1.82, 2.24) is 4.90 Å². The summed E-state index contributed by atoms with van der Waals surface area (Å²) in [4.78, 5) is 2.63. The van der Waals surface area contributed by atoms with E-state index < -0.39 is 0 Å². The topological polar surface area (TPSA) is 15.3 Å². The van der Waals surface area contributed by atoms with Crippen LogP contribution in [0.1, 0.15) is 30.9 Å². The molecule has 3 rings (SSSR count). The molecule has 0 aliphatic carbocycles. The molecule has 1 unspecified atom stereocenters. The van der Waals surface area contributed by atoms with E-state index in [9.17, 15) is 0 Å². The number of nitrogens with zero attached hydrogens (tertiary/aromatic N) is 1. The molecule has 0 aromatic heterocycles. The molecule has 19 heavy (non-hydrogen) atoms. The van der Waals surface area contributed by atoms with Gasteiger partial charge in [-0.15, -0.1) is 0 Å². The molecule has 1 aromatic rings. The second-order valence-corrected chi connectivity index (χ2v) is 7.07. The monoisotopic (exact) mass is 276 g/mol. The third kappa shape index (κ3) is 3.26. The fourth-order valence-corrected chi connectivity index (χ4v) is 4.30. The Balaban J connectivity index is 1.66. The van der Waals surface area contributed by atoms with Crippen LogP contribution in [0.25, 0.3) is 0 Å². The van der Waals surface area contributed by atoms with E-state index in [-0.39, 0.29) is 0 Å². The van der Waals surface area contributed by atoms with Crippen molar-refractivity contribution >= 4 is 17.4 Å². The molecule has 0 saturated carbocycles. The standard InChI is InChI=1S/C16H24N2S/c1-2-15-12-18(8-9-19-15)11-13-5-6-16-14(10-13)4-3-7-17-16/h5-6,10,15,17H,2-4,7-9,11-12H2,1H3. The van der Waals surface area contributed by atoms with Gasteiger partial charge < -0.3 is 5.32 Å². The summed E-state index contributed by atoms with van der Waals surface area (Å²) in [5.41, 5.74) is 4.36. The Labute approximate surface area is 121 Å². The maximum absolute atomic E-state index is 3.49. The Bertz CT molecular complexity index is 433. The number of fused-ring (bicyclic) bond motifs is 1. The minimum atomic E-state index is 0.841. The third-order valence-electron chi connectivity index (χ3n) is 4.19. The second-order valence-electron chi connectivity index (χ2n) is 5.66. The van der Waals surface area contributed by atoms with Crippen LogP contribution in [-0.2, 0) is 13.0 Å². The van der Waals surface area contributed by atoms with E-state index in [2.05, 4.69) is 47.1 Å². The highest BCUT2D eigenvalue weighted by molar-refractivity contribution is 8.00. The smallest absolute Gasteiger partial charge is 0.0372 e. The van der Waals surface area contributed by atoms with Crippen molar-refractivity contribution in [3.63, 3.8) is 0 Å². The van der Waals surface area contributed by atoms with Gasteiger partial charge in [-0.3, -0.25) is 4.90 Å². The molecule has 3 heteroatoms. The highest BCUT2D eigenvalue weighted by atomic mass is 32.2. The Morgan fingerprint density at radius 1 is 1.42 bits per heavy atom. The zero-order chi connectivity index (χ0) is 13.1. The second kappa shape index (κ2) is 6.19. The van der Waals surface area contributed by atoms with E-state index >= 15 is 0 Å². The first-order valence-corrected chi connectivity index (χ1v) is 8.59. The van der Waals surface area contributed by atoms with Gasteiger partial charge in [-0.05, 0) is 36.5 Å². The summed E-state index contributed by atoms with van der Waals surface area (Å²) in [6.07, 6.45) is 3.81. The zero-order valence-corrected chi connectivity index (χ0v) is 12.6. The van der Waals surface area contributed by atoms with Gasteiger partial charge in [0.25, 0.3) is 0 Å². The van der Waals surface area contributed by atoms with Gasteiger partial charge in [0.2, 0.25) is 0 Å². The molecule has 1 fully saturated rings. The normalized spacial score (nSPS) is 23.7. The van der Waals surface area contributed by atoms with Gasteiger partial charge in [0, 0.05) is 42.9 Å². The highest BCUT2D eigenvalue weighted by Crippen LogP contribution is 2.25. The molecule has 1 N–H and O–H groups in total. The number of rotatable bonds is 3. The minimum Gasteiger partial charge on any atom is -0.385 e. The summed E-state index contributed by atoms with van der Waals surface area (Å²) in [6, 6.07) is 7.00. The molecule has 2 nitrogen and oxygen atoms in total. The van der Waals surface area contributed by atoms with E-state index in [0.29, 0.717) is 0 Å². The first-order chi connectivity index (χ1) is 9.35. The number of anilines is 1. The van der Waals surface area contributed by atoms with Crippen LogP contribution >= 0.6 is 11.8 Å². The molecule has 104 valence electrons. The van der Waals surface area contributed by atoms with E-state index in [0.717, 1.165) is 18.3 Å². The van der Waals surface area contributed by atoms with Gasteiger partial charge in [-0.1, -0.05) is 19.1 Å². The molecule has 2 aliphatic rings. The fraction of sp³-hybridized carbons (Fsp3) is 0.625. The van der Waals surface area contributed by atoms with Gasteiger partial charge in [-0.2, -0.15) is 11.8 Å². The molecule has 2 heterocycles. The lowest BCUT2D eigenvalue weighted by Gasteiger charge is -2.32. The maximum Gasteiger partial charge on any atom is 0.0372 e. The summed E-state index contributed by atoms with van der Waals surface area (Å²) in [6.45, 7) is 7.08. The molecule has 1 aromatic carbocycles. The summed E-state index contributed by atoms with van der Waals surface area (Å²) < 4.78 is 0. The molecule has 1 saturated heterocycles. The first-order valence-electron chi connectivity index (χ1n) is 7.55. The number of thioether (sulfide) groups is 1. The highest BCUT2D eigenvalue weighted by Gasteiger charge is 2.19. The van der Waals surface area contributed by atoms with Crippen molar-refractivity contribution in [2.45, 2.75) is 38.0 Å². The zero-order valence-electron chi connectivity index (χ0n) is 11.8. The van der Waals surface area contributed by atoms with Crippen LogP contribution in [0.15, 0.2) is 18.2 Å². The summed E-state index contributed by atoms with van der Waals surface area (Å²) in [5, 5.41) is 4.33. The van der Waals surface area contributed by atoms with Crippen LogP contribution in [-0.4, -0.2) is 35.5 Å². The molecular weight excluding hydrogens is 252 g/mol. The van der Waals surface area contributed by atoms with E-state index in [1.54, 1.807) is 0 Å². The number of benzene rings is 1. The SMILES string of the molecule is CCC1CN(Cc2ccc3c(c2)CCCN3)CCS1.